The van der Waals surface area contributed by atoms with Gasteiger partial charge in [0, 0.05) is 0 Å². The van der Waals surface area contributed by atoms with Gasteiger partial charge in [-0.15, -0.1) is 0 Å². The molecule has 0 spiro atoms. The summed E-state index contributed by atoms with van der Waals surface area (Å²) in [6.45, 7) is 1.58. The van der Waals surface area contributed by atoms with Crippen molar-refractivity contribution in [3.05, 3.63) is 24.0 Å². The summed E-state index contributed by atoms with van der Waals surface area (Å²) in [5.41, 5.74) is 0.634. The quantitative estimate of drug-likeness (QED) is 0.768. The highest BCUT2D eigenvalue weighted by Crippen LogP contribution is 2.21. The molecule has 1 amide bonds. The monoisotopic (exact) mass is 253 g/mol. The summed E-state index contributed by atoms with van der Waals surface area (Å²) in [5, 5.41) is 1.72. The first-order chi connectivity index (χ1) is 8.30. The maximum Gasteiger partial charge on any atom is 0.471 e. The number of rotatable bonds is 1. The van der Waals surface area contributed by atoms with Crippen LogP contribution in [0.4, 0.5) is 19.0 Å². The Morgan fingerprint density at radius 1 is 1.44 bits per heavy atom. The van der Waals surface area contributed by atoms with Crippen LogP contribution in [-0.4, -0.2) is 29.3 Å². The van der Waals surface area contributed by atoms with E-state index in [1.54, 1.807) is 24.4 Å². The number of fused-ring (bicyclic) bond motifs is 1. The average molecular weight is 253 g/mol. The molecule has 92 valence electrons. The second kappa shape index (κ2) is 4.04. The van der Waals surface area contributed by atoms with Crippen molar-refractivity contribution in [3.8, 4) is 0 Å². The van der Waals surface area contributed by atoms with Crippen molar-refractivity contribution in [2.45, 2.75) is 13.1 Å². The normalized spacial score (nSPS) is 11.8. The Kier molecular flexibility index (Phi) is 2.80. The third-order valence-corrected chi connectivity index (χ3v) is 2.35. The molecule has 2 aromatic rings. The fourth-order valence-electron chi connectivity index (χ4n) is 1.61. The number of nitrogens with one attached hydrogen (secondary N) is 1. The summed E-state index contributed by atoms with van der Waals surface area (Å²) in [7, 11) is 5.68. The van der Waals surface area contributed by atoms with E-state index < -0.39 is 12.1 Å². The molecular weight excluding hydrogens is 246 g/mol. The van der Waals surface area contributed by atoms with Crippen molar-refractivity contribution in [2.75, 3.05) is 5.32 Å². The number of aromatic nitrogens is 2. The number of amides is 1. The Morgan fingerprint density at radius 2 is 2.11 bits per heavy atom. The topological polar surface area (TPSA) is 46.4 Å². The summed E-state index contributed by atoms with van der Waals surface area (Å²) in [6.07, 6.45) is -4.95. The molecule has 8 heteroatoms. The lowest BCUT2D eigenvalue weighted by Crippen LogP contribution is -2.30. The van der Waals surface area contributed by atoms with Crippen LogP contribution in [0.5, 0.6) is 0 Å². The van der Waals surface area contributed by atoms with Crippen LogP contribution in [0.3, 0.4) is 0 Å². The summed E-state index contributed by atoms with van der Waals surface area (Å²) >= 11 is 0. The fourth-order valence-corrected chi connectivity index (χ4v) is 1.61. The number of hydrogen-bond donors (Lipinski definition) is 1. The largest absolute Gasteiger partial charge is 0.471 e. The second-order valence-corrected chi connectivity index (χ2v) is 3.63. The van der Waals surface area contributed by atoms with Crippen LogP contribution in [-0.2, 0) is 4.79 Å². The molecule has 0 aliphatic heterocycles. The molecule has 2 aromatic heterocycles. The molecule has 0 saturated carbocycles. The van der Waals surface area contributed by atoms with Gasteiger partial charge in [0.2, 0.25) is 0 Å². The van der Waals surface area contributed by atoms with Gasteiger partial charge in [0.25, 0.3) is 0 Å². The van der Waals surface area contributed by atoms with E-state index in [0.717, 1.165) is 0 Å². The molecule has 0 unspecified atom stereocenters. The van der Waals surface area contributed by atoms with Gasteiger partial charge in [-0.05, 0) is 18.6 Å². The highest BCUT2D eigenvalue weighted by molar-refractivity contribution is 6.31. The second-order valence-electron chi connectivity index (χ2n) is 3.63. The number of anilines is 1. The van der Waals surface area contributed by atoms with E-state index in [9.17, 15) is 18.0 Å². The van der Waals surface area contributed by atoms with Crippen molar-refractivity contribution in [2.24, 2.45) is 0 Å². The number of nitrogens with zero attached hydrogens (tertiary/aromatic N) is 2. The Morgan fingerprint density at radius 3 is 2.72 bits per heavy atom. The first-order valence-corrected chi connectivity index (χ1v) is 4.92. The molecule has 2 rings (SSSR count). The van der Waals surface area contributed by atoms with E-state index in [2.05, 4.69) is 4.98 Å². The van der Waals surface area contributed by atoms with Crippen LogP contribution < -0.4 is 10.9 Å². The van der Waals surface area contributed by atoms with Gasteiger partial charge in [0.05, 0.1) is 5.52 Å². The lowest BCUT2D eigenvalue weighted by Gasteiger charge is -2.06. The van der Waals surface area contributed by atoms with Gasteiger partial charge in [-0.2, -0.15) is 13.2 Å². The van der Waals surface area contributed by atoms with Gasteiger partial charge in [0.15, 0.2) is 5.82 Å². The maximum atomic E-state index is 12.1. The Balaban J connectivity index is 2.48. The molecule has 0 aromatic carbocycles. The number of carbonyl (C=O) groups excluding carboxylic acids is 1. The standard InChI is InChI=1S/C10H7BF3N3O/c1-5-15-8(16-9(18)10(12,13)14)6-3-2-4-7(11)17(5)6/h2-4H,1H3,(H,16,18). The molecule has 0 aliphatic carbocycles. The first kappa shape index (κ1) is 12.5. The van der Waals surface area contributed by atoms with Gasteiger partial charge in [-0.1, -0.05) is 12.1 Å². The molecule has 2 radical (unpaired) electrons. The molecule has 1 N–H and O–H groups in total. The van der Waals surface area contributed by atoms with E-state index in [4.69, 9.17) is 7.85 Å². The minimum Gasteiger partial charge on any atom is -0.310 e. The van der Waals surface area contributed by atoms with Crippen LogP contribution in [0.2, 0.25) is 0 Å². The van der Waals surface area contributed by atoms with Crippen LogP contribution in [0.25, 0.3) is 5.52 Å². The minimum atomic E-state index is -4.95. The average Bonchev–Trinajstić information content (AvgIpc) is 2.56. The third-order valence-electron chi connectivity index (χ3n) is 2.35. The molecule has 18 heavy (non-hydrogen) atoms. The van der Waals surface area contributed by atoms with Crippen LogP contribution >= 0.6 is 0 Å². The van der Waals surface area contributed by atoms with E-state index in [1.165, 1.54) is 10.5 Å². The highest BCUT2D eigenvalue weighted by atomic mass is 19.4. The zero-order valence-corrected chi connectivity index (χ0v) is 9.25. The molecule has 0 saturated heterocycles. The first-order valence-electron chi connectivity index (χ1n) is 4.92. The smallest absolute Gasteiger partial charge is 0.310 e. The van der Waals surface area contributed by atoms with Gasteiger partial charge in [0.1, 0.15) is 13.7 Å². The summed E-state index contributed by atoms with van der Waals surface area (Å²) in [4.78, 5) is 14.7. The molecule has 0 atom stereocenters. The Bertz CT molecular complexity index is 621. The van der Waals surface area contributed by atoms with E-state index in [1.807, 2.05) is 0 Å². The zero-order valence-electron chi connectivity index (χ0n) is 9.25. The number of alkyl halides is 3. The van der Waals surface area contributed by atoms with E-state index in [-0.39, 0.29) is 5.82 Å². The number of carbonyl (C=O) groups is 1. The molecule has 2 heterocycles. The van der Waals surface area contributed by atoms with Crippen molar-refractivity contribution < 1.29 is 18.0 Å². The van der Waals surface area contributed by atoms with Gasteiger partial charge >= 0.3 is 12.1 Å². The molecule has 0 fully saturated rings. The number of pyridine rings is 1. The van der Waals surface area contributed by atoms with Crippen LogP contribution in [0.1, 0.15) is 5.82 Å². The molecule has 4 nitrogen and oxygen atoms in total. The molecule has 0 aliphatic rings. The van der Waals surface area contributed by atoms with Gasteiger partial charge < -0.3 is 9.72 Å². The van der Waals surface area contributed by atoms with Crippen molar-refractivity contribution in [1.29, 1.82) is 0 Å². The van der Waals surface area contributed by atoms with Gasteiger partial charge in [-0.3, -0.25) is 4.79 Å². The lowest BCUT2D eigenvalue weighted by molar-refractivity contribution is -0.167. The summed E-state index contributed by atoms with van der Waals surface area (Å²) in [5.74, 6) is -1.84. The minimum absolute atomic E-state index is 0.165. The Hall–Kier alpha value is -1.99. The number of aryl methyl sites for hydroxylation is 1. The number of hydrogen-bond acceptors (Lipinski definition) is 2. The predicted molar refractivity (Wildman–Crippen MR) is 60.0 cm³/mol. The SMILES string of the molecule is [B]c1cccc2c(NC(=O)C(F)(F)F)nc(C)n12. The lowest BCUT2D eigenvalue weighted by atomic mass is 10.0. The number of halogens is 3. The van der Waals surface area contributed by atoms with E-state index >= 15 is 0 Å². The number of imidazole rings is 1. The highest BCUT2D eigenvalue weighted by Gasteiger charge is 2.39. The third kappa shape index (κ3) is 2.05. The Labute approximate surface area is 101 Å². The zero-order chi connectivity index (χ0) is 13.5. The van der Waals surface area contributed by atoms with Crippen molar-refractivity contribution in [1.82, 2.24) is 9.38 Å². The fraction of sp³-hybridized carbons (Fsp3) is 0.200. The van der Waals surface area contributed by atoms with Crippen LogP contribution in [0.15, 0.2) is 18.2 Å². The predicted octanol–water partition coefficient (Wildman–Crippen LogP) is 0.937. The maximum absolute atomic E-state index is 12.1. The van der Waals surface area contributed by atoms with Crippen molar-refractivity contribution >= 4 is 30.7 Å². The van der Waals surface area contributed by atoms with E-state index in [0.29, 0.717) is 16.9 Å². The summed E-state index contributed by atoms with van der Waals surface area (Å²) < 4.78 is 37.9. The van der Waals surface area contributed by atoms with Crippen LogP contribution in [0, 0.1) is 6.92 Å². The van der Waals surface area contributed by atoms with Crippen molar-refractivity contribution in [3.63, 3.8) is 0 Å². The molecule has 0 bridgehead atoms. The molecular formula is C10H7BF3N3O. The summed E-state index contributed by atoms with van der Waals surface area (Å²) in [6, 6.07) is 4.66. The van der Waals surface area contributed by atoms with Gasteiger partial charge in [-0.25, -0.2) is 4.98 Å².